The van der Waals surface area contributed by atoms with Crippen LogP contribution in [0.15, 0.2) is 42.6 Å². The van der Waals surface area contributed by atoms with Gasteiger partial charge in [-0.1, -0.05) is 0 Å². The van der Waals surface area contributed by atoms with Gasteiger partial charge in [0, 0.05) is 22.5 Å². The van der Waals surface area contributed by atoms with Crippen molar-refractivity contribution in [2.45, 2.75) is 0 Å². The van der Waals surface area contributed by atoms with Gasteiger partial charge in [-0.05, 0) is 30.3 Å². The van der Waals surface area contributed by atoms with E-state index in [-0.39, 0.29) is 0 Å². The van der Waals surface area contributed by atoms with Crippen LogP contribution in [-0.4, -0.2) is 29.4 Å². The average molecular weight is 345 g/mol. The van der Waals surface area contributed by atoms with Crippen molar-refractivity contribution in [3.8, 4) is 17.6 Å². The van der Waals surface area contributed by atoms with Crippen LogP contribution in [0.1, 0.15) is 5.56 Å². The minimum Gasteiger partial charge on any atom is -0.493 e. The van der Waals surface area contributed by atoms with E-state index in [4.69, 9.17) is 14.7 Å². The lowest BCUT2D eigenvalue weighted by atomic mass is 10.1. The van der Waals surface area contributed by atoms with Gasteiger partial charge in [0.1, 0.15) is 5.52 Å². The van der Waals surface area contributed by atoms with Crippen molar-refractivity contribution in [1.29, 1.82) is 5.26 Å². The molecule has 7 nitrogen and oxygen atoms in total. The molecule has 26 heavy (non-hydrogen) atoms. The maximum absolute atomic E-state index is 9.13. The minimum atomic E-state index is 0.586. The van der Waals surface area contributed by atoms with Crippen molar-refractivity contribution in [2.75, 3.05) is 19.5 Å². The highest BCUT2D eigenvalue weighted by Gasteiger charge is 2.12. The summed E-state index contributed by atoms with van der Waals surface area (Å²) in [6.07, 6.45) is 1.74. The van der Waals surface area contributed by atoms with E-state index in [0.29, 0.717) is 22.9 Å². The van der Waals surface area contributed by atoms with Crippen molar-refractivity contribution in [3.63, 3.8) is 0 Å². The summed E-state index contributed by atoms with van der Waals surface area (Å²) in [5.74, 6) is 1.92. The van der Waals surface area contributed by atoms with Crippen molar-refractivity contribution < 1.29 is 9.47 Å². The van der Waals surface area contributed by atoms with Gasteiger partial charge in [-0.15, -0.1) is 0 Å². The van der Waals surface area contributed by atoms with E-state index in [1.807, 2.05) is 30.3 Å². The summed E-state index contributed by atoms with van der Waals surface area (Å²) in [6.45, 7) is 0. The minimum absolute atomic E-state index is 0.586. The number of benzene rings is 2. The molecule has 128 valence electrons. The first-order chi connectivity index (χ1) is 12.7. The van der Waals surface area contributed by atoms with Gasteiger partial charge in [0.25, 0.3) is 0 Å². The summed E-state index contributed by atoms with van der Waals surface area (Å²) in [5.41, 5.74) is 2.93. The molecule has 7 heteroatoms. The number of methoxy groups -OCH3 is 2. The predicted molar refractivity (Wildman–Crippen MR) is 98.9 cm³/mol. The fraction of sp³-hybridized carbons (Fsp3) is 0.105. The second-order valence-corrected chi connectivity index (χ2v) is 5.66. The van der Waals surface area contributed by atoms with Gasteiger partial charge in [-0.25, -0.2) is 4.98 Å². The summed E-state index contributed by atoms with van der Waals surface area (Å²) in [6, 6.07) is 13.1. The normalized spacial score (nSPS) is 10.7. The van der Waals surface area contributed by atoms with Gasteiger partial charge in [0.05, 0.1) is 37.6 Å². The fourth-order valence-electron chi connectivity index (χ4n) is 2.91. The lowest BCUT2D eigenvalue weighted by Crippen LogP contribution is -1.98. The van der Waals surface area contributed by atoms with Crippen LogP contribution in [-0.2, 0) is 0 Å². The zero-order chi connectivity index (χ0) is 18.1. The van der Waals surface area contributed by atoms with Gasteiger partial charge < -0.3 is 14.8 Å². The van der Waals surface area contributed by atoms with E-state index in [0.717, 1.165) is 27.5 Å². The summed E-state index contributed by atoms with van der Waals surface area (Å²) < 4.78 is 10.6. The number of aromatic nitrogens is 3. The Morgan fingerprint density at radius 3 is 2.65 bits per heavy atom. The Balaban J connectivity index is 1.84. The molecule has 2 heterocycles. The highest BCUT2D eigenvalue weighted by atomic mass is 16.5. The molecular weight excluding hydrogens is 330 g/mol. The maximum Gasteiger partial charge on any atom is 0.162 e. The lowest BCUT2D eigenvalue weighted by molar-refractivity contribution is 0.355. The van der Waals surface area contributed by atoms with Gasteiger partial charge in [0.15, 0.2) is 17.3 Å². The number of fused-ring (bicyclic) bond motifs is 3. The largest absolute Gasteiger partial charge is 0.493 e. The van der Waals surface area contributed by atoms with Gasteiger partial charge in [-0.2, -0.15) is 10.4 Å². The van der Waals surface area contributed by atoms with E-state index in [9.17, 15) is 0 Å². The van der Waals surface area contributed by atoms with Crippen molar-refractivity contribution in [3.05, 3.63) is 48.2 Å². The molecule has 0 amide bonds. The molecule has 0 aliphatic rings. The SMILES string of the molecule is COc1ccc(Nc2nc3ccc(C#N)cc3c3cn[nH]c23)cc1OC. The molecule has 0 fully saturated rings. The first-order valence-electron chi connectivity index (χ1n) is 7.89. The van der Waals surface area contributed by atoms with E-state index in [1.165, 1.54) is 0 Å². The number of nitrogens with zero attached hydrogens (tertiary/aromatic N) is 3. The van der Waals surface area contributed by atoms with E-state index >= 15 is 0 Å². The molecule has 0 saturated heterocycles. The Hall–Kier alpha value is -3.79. The number of H-pyrrole nitrogens is 1. The Kier molecular flexibility index (Phi) is 3.78. The second kappa shape index (κ2) is 6.26. The smallest absolute Gasteiger partial charge is 0.162 e. The van der Waals surface area contributed by atoms with E-state index in [2.05, 4.69) is 26.6 Å². The molecule has 2 aromatic carbocycles. The number of hydrogen-bond donors (Lipinski definition) is 2. The van der Waals surface area contributed by atoms with Crippen LogP contribution in [0.2, 0.25) is 0 Å². The average Bonchev–Trinajstić information content (AvgIpc) is 3.18. The summed E-state index contributed by atoms with van der Waals surface area (Å²) >= 11 is 0. The summed E-state index contributed by atoms with van der Waals surface area (Å²) in [4.78, 5) is 4.68. The molecule has 0 aliphatic carbocycles. The van der Waals surface area contributed by atoms with Gasteiger partial charge in [-0.3, -0.25) is 5.10 Å². The topological polar surface area (TPSA) is 95.9 Å². The first kappa shape index (κ1) is 15.7. The molecule has 4 aromatic rings. The Morgan fingerprint density at radius 1 is 1.04 bits per heavy atom. The number of hydrogen-bond acceptors (Lipinski definition) is 6. The fourth-order valence-corrected chi connectivity index (χ4v) is 2.91. The maximum atomic E-state index is 9.13. The molecule has 0 radical (unpaired) electrons. The molecule has 4 rings (SSSR count). The van der Waals surface area contributed by atoms with Gasteiger partial charge in [0.2, 0.25) is 0 Å². The number of ether oxygens (including phenoxy) is 2. The summed E-state index contributed by atoms with van der Waals surface area (Å²) in [5, 5.41) is 21.3. The number of rotatable bonds is 4. The Labute approximate surface area is 149 Å². The predicted octanol–water partition coefficient (Wildman–Crippen LogP) is 3.74. The molecule has 2 aromatic heterocycles. The van der Waals surface area contributed by atoms with Crippen LogP contribution < -0.4 is 14.8 Å². The Morgan fingerprint density at radius 2 is 1.88 bits per heavy atom. The number of aromatic amines is 1. The van der Waals surface area contributed by atoms with Crippen LogP contribution in [0.5, 0.6) is 11.5 Å². The van der Waals surface area contributed by atoms with E-state index in [1.54, 1.807) is 26.5 Å². The molecule has 0 aliphatic heterocycles. The number of anilines is 2. The zero-order valence-electron chi connectivity index (χ0n) is 14.2. The van der Waals surface area contributed by atoms with Crippen LogP contribution >= 0.6 is 0 Å². The van der Waals surface area contributed by atoms with E-state index < -0.39 is 0 Å². The Bertz CT molecular complexity index is 1160. The number of nitrogens with one attached hydrogen (secondary N) is 2. The van der Waals surface area contributed by atoms with Gasteiger partial charge >= 0.3 is 0 Å². The van der Waals surface area contributed by atoms with Crippen molar-refractivity contribution >= 4 is 33.3 Å². The molecule has 0 bridgehead atoms. The quantitative estimate of drug-likeness (QED) is 0.585. The highest BCUT2D eigenvalue weighted by Crippen LogP contribution is 2.33. The molecule has 0 atom stereocenters. The molecule has 0 unspecified atom stereocenters. The molecular formula is C19H15N5O2. The number of pyridine rings is 1. The van der Waals surface area contributed by atoms with Crippen LogP contribution in [0.3, 0.4) is 0 Å². The lowest BCUT2D eigenvalue weighted by Gasteiger charge is -2.12. The standard InChI is InChI=1S/C19H15N5O2/c1-25-16-6-4-12(8-17(16)26-2)22-19-18-14(10-21-24-18)13-7-11(9-20)3-5-15(13)23-19/h3-8,10H,1-2H3,(H,21,24)(H,22,23). The summed E-state index contributed by atoms with van der Waals surface area (Å²) in [7, 11) is 3.19. The third-order valence-electron chi connectivity index (χ3n) is 4.17. The highest BCUT2D eigenvalue weighted by molar-refractivity contribution is 6.09. The first-order valence-corrected chi connectivity index (χ1v) is 7.89. The molecule has 2 N–H and O–H groups in total. The number of nitriles is 1. The third-order valence-corrected chi connectivity index (χ3v) is 4.17. The monoisotopic (exact) mass is 345 g/mol. The van der Waals surface area contributed by atoms with Crippen LogP contribution in [0, 0.1) is 11.3 Å². The van der Waals surface area contributed by atoms with Crippen molar-refractivity contribution in [1.82, 2.24) is 15.2 Å². The molecule has 0 spiro atoms. The van der Waals surface area contributed by atoms with Crippen LogP contribution in [0.25, 0.3) is 21.8 Å². The van der Waals surface area contributed by atoms with Crippen LogP contribution in [0.4, 0.5) is 11.5 Å². The zero-order valence-corrected chi connectivity index (χ0v) is 14.2. The second-order valence-electron chi connectivity index (χ2n) is 5.66. The third kappa shape index (κ3) is 2.54. The van der Waals surface area contributed by atoms with Crippen molar-refractivity contribution in [2.24, 2.45) is 0 Å². The molecule has 0 saturated carbocycles.